The summed E-state index contributed by atoms with van der Waals surface area (Å²) in [4.78, 5) is 23.7. The third-order valence-corrected chi connectivity index (χ3v) is 4.05. The van der Waals surface area contributed by atoms with E-state index in [1.165, 1.54) is 18.9 Å². The largest absolute Gasteiger partial charge is 0.480 e. The highest BCUT2D eigenvalue weighted by molar-refractivity contribution is 8.00. The van der Waals surface area contributed by atoms with Gasteiger partial charge in [-0.05, 0) is 22.9 Å². The van der Waals surface area contributed by atoms with Crippen LogP contribution in [0.1, 0.15) is 0 Å². The number of aliphatic carboxylic acids is 1. The Labute approximate surface area is 132 Å². The molecule has 22 heavy (non-hydrogen) atoms. The molecule has 116 valence electrons. The summed E-state index contributed by atoms with van der Waals surface area (Å²) in [6.45, 7) is -0.0539. The second-order valence-electron chi connectivity index (χ2n) is 4.71. The number of carbonyl (C=O) groups excluding carboxylic acids is 1. The fraction of sp³-hybridized carbons (Fsp3) is 0.250. The molecule has 2 N–H and O–H groups in total. The van der Waals surface area contributed by atoms with Crippen LogP contribution >= 0.6 is 11.8 Å². The van der Waals surface area contributed by atoms with Gasteiger partial charge in [0.15, 0.2) is 6.04 Å². The maximum Gasteiger partial charge on any atom is 0.328 e. The Morgan fingerprint density at radius 1 is 1.23 bits per heavy atom. The quantitative estimate of drug-likeness (QED) is 0.765. The SMILES string of the molecule is COCC(NC(=O)CSc1ccc2ccccc2c1)C(=O)O. The fourth-order valence-corrected chi connectivity index (χ4v) is 2.74. The lowest BCUT2D eigenvalue weighted by molar-refractivity contribution is -0.142. The van der Waals surface area contributed by atoms with Crippen molar-refractivity contribution in [3.05, 3.63) is 42.5 Å². The first-order chi connectivity index (χ1) is 10.6. The van der Waals surface area contributed by atoms with Gasteiger partial charge in [-0.2, -0.15) is 0 Å². The van der Waals surface area contributed by atoms with Crippen LogP contribution in [0, 0.1) is 0 Å². The molecule has 0 saturated heterocycles. The van der Waals surface area contributed by atoms with Crippen molar-refractivity contribution in [2.24, 2.45) is 0 Å². The van der Waals surface area contributed by atoms with Crippen LogP contribution in [0.25, 0.3) is 10.8 Å². The molecule has 2 aromatic carbocycles. The zero-order valence-electron chi connectivity index (χ0n) is 12.1. The lowest BCUT2D eigenvalue weighted by atomic mass is 10.1. The monoisotopic (exact) mass is 319 g/mol. The summed E-state index contributed by atoms with van der Waals surface area (Å²) in [6.07, 6.45) is 0. The van der Waals surface area contributed by atoms with Crippen molar-refractivity contribution in [1.82, 2.24) is 5.32 Å². The lowest BCUT2D eigenvalue weighted by Gasteiger charge is -2.13. The van der Waals surface area contributed by atoms with Crippen LogP contribution in [0.2, 0.25) is 0 Å². The number of thioether (sulfide) groups is 1. The normalized spacial score (nSPS) is 12.0. The molecule has 0 saturated carbocycles. The Morgan fingerprint density at radius 3 is 2.64 bits per heavy atom. The zero-order valence-corrected chi connectivity index (χ0v) is 12.9. The molecular weight excluding hydrogens is 302 g/mol. The Kier molecular flexibility index (Phi) is 5.80. The Morgan fingerprint density at radius 2 is 1.95 bits per heavy atom. The zero-order chi connectivity index (χ0) is 15.9. The van der Waals surface area contributed by atoms with Crippen molar-refractivity contribution in [2.75, 3.05) is 19.5 Å². The molecule has 0 heterocycles. The number of nitrogens with one attached hydrogen (secondary N) is 1. The van der Waals surface area contributed by atoms with E-state index in [4.69, 9.17) is 9.84 Å². The molecule has 1 amide bonds. The first-order valence-electron chi connectivity index (χ1n) is 6.73. The minimum absolute atomic E-state index is 0.0539. The van der Waals surface area contributed by atoms with E-state index in [9.17, 15) is 9.59 Å². The van der Waals surface area contributed by atoms with Gasteiger partial charge in [0, 0.05) is 12.0 Å². The van der Waals surface area contributed by atoms with Crippen LogP contribution in [0.5, 0.6) is 0 Å². The molecule has 6 heteroatoms. The number of benzene rings is 2. The highest BCUT2D eigenvalue weighted by Crippen LogP contribution is 2.23. The standard InChI is InChI=1S/C16H17NO4S/c1-21-9-14(16(19)20)17-15(18)10-22-13-7-6-11-4-2-3-5-12(11)8-13/h2-8,14H,9-10H2,1H3,(H,17,18)(H,19,20). The van der Waals surface area contributed by atoms with Gasteiger partial charge in [0.05, 0.1) is 12.4 Å². The number of amides is 1. The van der Waals surface area contributed by atoms with Crippen molar-refractivity contribution in [3.63, 3.8) is 0 Å². The molecule has 0 spiro atoms. The predicted molar refractivity (Wildman–Crippen MR) is 86.1 cm³/mol. The van der Waals surface area contributed by atoms with Crippen LogP contribution in [0.3, 0.4) is 0 Å². The van der Waals surface area contributed by atoms with Gasteiger partial charge in [-0.1, -0.05) is 30.3 Å². The Bertz CT molecular complexity index is 674. The van der Waals surface area contributed by atoms with E-state index >= 15 is 0 Å². The van der Waals surface area contributed by atoms with E-state index < -0.39 is 12.0 Å². The molecule has 0 aliphatic heterocycles. The van der Waals surface area contributed by atoms with E-state index in [0.29, 0.717) is 0 Å². The highest BCUT2D eigenvalue weighted by atomic mass is 32.2. The molecule has 0 aliphatic carbocycles. The number of hydrogen-bond acceptors (Lipinski definition) is 4. The number of carboxylic acid groups (broad SMARTS) is 1. The number of fused-ring (bicyclic) bond motifs is 1. The third kappa shape index (κ3) is 4.47. The lowest BCUT2D eigenvalue weighted by Crippen LogP contribution is -2.44. The molecule has 0 aliphatic rings. The van der Waals surface area contributed by atoms with Gasteiger partial charge in [0.25, 0.3) is 0 Å². The summed E-state index contributed by atoms with van der Waals surface area (Å²) in [5, 5.41) is 13.6. The van der Waals surface area contributed by atoms with E-state index in [-0.39, 0.29) is 18.3 Å². The van der Waals surface area contributed by atoms with Crippen LogP contribution < -0.4 is 5.32 Å². The summed E-state index contributed by atoms with van der Waals surface area (Å²) in [7, 11) is 1.39. The summed E-state index contributed by atoms with van der Waals surface area (Å²) >= 11 is 1.37. The van der Waals surface area contributed by atoms with E-state index in [2.05, 4.69) is 5.32 Å². The number of carbonyl (C=O) groups is 2. The molecular formula is C16H17NO4S. The van der Waals surface area contributed by atoms with E-state index in [0.717, 1.165) is 15.7 Å². The predicted octanol–water partition coefficient (Wildman–Crippen LogP) is 2.15. The molecule has 0 fully saturated rings. The van der Waals surface area contributed by atoms with Gasteiger partial charge in [0.2, 0.25) is 5.91 Å². The van der Waals surface area contributed by atoms with E-state index in [1.54, 1.807) is 0 Å². The first-order valence-corrected chi connectivity index (χ1v) is 7.71. The van der Waals surface area contributed by atoms with E-state index in [1.807, 2.05) is 42.5 Å². The number of hydrogen-bond donors (Lipinski definition) is 2. The first kappa shape index (κ1) is 16.3. The molecule has 5 nitrogen and oxygen atoms in total. The number of ether oxygens (including phenoxy) is 1. The van der Waals surface area contributed by atoms with Gasteiger partial charge in [0.1, 0.15) is 0 Å². The molecule has 0 radical (unpaired) electrons. The minimum Gasteiger partial charge on any atom is -0.480 e. The topological polar surface area (TPSA) is 75.6 Å². The molecule has 2 aromatic rings. The minimum atomic E-state index is -1.11. The van der Waals surface area contributed by atoms with Crippen molar-refractivity contribution >= 4 is 34.4 Å². The van der Waals surface area contributed by atoms with Gasteiger partial charge in [-0.3, -0.25) is 4.79 Å². The summed E-state index contributed by atoms with van der Waals surface area (Å²) < 4.78 is 4.77. The van der Waals surface area contributed by atoms with Crippen molar-refractivity contribution in [2.45, 2.75) is 10.9 Å². The van der Waals surface area contributed by atoms with Crippen molar-refractivity contribution in [1.29, 1.82) is 0 Å². The van der Waals surface area contributed by atoms with Crippen LogP contribution in [0.15, 0.2) is 47.4 Å². The van der Waals surface area contributed by atoms with Gasteiger partial charge >= 0.3 is 5.97 Å². The van der Waals surface area contributed by atoms with Crippen LogP contribution in [-0.4, -0.2) is 42.5 Å². The summed E-state index contributed by atoms with van der Waals surface area (Å²) in [5.41, 5.74) is 0. The smallest absolute Gasteiger partial charge is 0.328 e. The molecule has 0 bridgehead atoms. The average Bonchev–Trinajstić information content (AvgIpc) is 2.52. The van der Waals surface area contributed by atoms with Gasteiger partial charge in [-0.15, -0.1) is 11.8 Å². The summed E-state index contributed by atoms with van der Waals surface area (Å²) in [6, 6.07) is 12.9. The van der Waals surface area contributed by atoms with Gasteiger partial charge < -0.3 is 15.2 Å². The highest BCUT2D eigenvalue weighted by Gasteiger charge is 2.19. The number of rotatable bonds is 7. The molecule has 2 rings (SSSR count). The van der Waals surface area contributed by atoms with Crippen molar-refractivity contribution < 1.29 is 19.4 Å². The second-order valence-corrected chi connectivity index (χ2v) is 5.76. The fourth-order valence-electron chi connectivity index (χ4n) is 1.98. The maximum absolute atomic E-state index is 11.8. The second kappa shape index (κ2) is 7.82. The number of carboxylic acids is 1. The van der Waals surface area contributed by atoms with Crippen LogP contribution in [-0.2, 0) is 14.3 Å². The Hall–Kier alpha value is -2.05. The maximum atomic E-state index is 11.8. The average molecular weight is 319 g/mol. The van der Waals surface area contributed by atoms with Crippen molar-refractivity contribution in [3.8, 4) is 0 Å². The number of methoxy groups -OCH3 is 1. The molecule has 0 aromatic heterocycles. The summed E-state index contributed by atoms with van der Waals surface area (Å²) in [5.74, 6) is -1.28. The van der Waals surface area contributed by atoms with Crippen LogP contribution in [0.4, 0.5) is 0 Å². The third-order valence-electron chi connectivity index (χ3n) is 3.06. The Balaban J connectivity index is 1.93. The molecule has 1 unspecified atom stereocenters. The van der Waals surface area contributed by atoms with Gasteiger partial charge in [-0.25, -0.2) is 4.79 Å². The molecule has 1 atom stereocenters.